The maximum atomic E-state index is 3.64. The van der Waals surface area contributed by atoms with Crippen LogP contribution in [0, 0.1) is 5.41 Å². The fraction of sp³-hybridized carbons (Fsp3) is 1.00. The zero-order valence-corrected chi connectivity index (χ0v) is 13.7. The summed E-state index contributed by atoms with van der Waals surface area (Å²) in [5, 5.41) is 3.64. The van der Waals surface area contributed by atoms with Gasteiger partial charge in [0.15, 0.2) is 0 Å². The molecule has 0 spiro atoms. The molecular formula is C16H36N2. The Labute approximate surface area is 116 Å². The van der Waals surface area contributed by atoms with E-state index in [2.05, 4.69) is 51.8 Å². The molecule has 0 rings (SSSR count). The van der Waals surface area contributed by atoms with E-state index in [0.29, 0.717) is 11.5 Å². The monoisotopic (exact) mass is 256 g/mol. The second kappa shape index (κ2) is 9.80. The molecule has 0 bridgehead atoms. The van der Waals surface area contributed by atoms with Gasteiger partial charge in [0.05, 0.1) is 0 Å². The summed E-state index contributed by atoms with van der Waals surface area (Å²) in [5.74, 6) is 0. The standard InChI is InChI=1S/C16H36N2/c1-7-11-17-13-16(9-3,10-4)14-18(12-8-2)15(5)6/h15,17H,7-14H2,1-6H3. The lowest BCUT2D eigenvalue weighted by molar-refractivity contribution is 0.110. The molecule has 0 atom stereocenters. The van der Waals surface area contributed by atoms with Crippen LogP contribution in [0.2, 0.25) is 0 Å². The molecule has 0 aromatic carbocycles. The lowest BCUT2D eigenvalue weighted by atomic mass is 9.81. The van der Waals surface area contributed by atoms with Gasteiger partial charge in [-0.25, -0.2) is 0 Å². The lowest BCUT2D eigenvalue weighted by Gasteiger charge is -2.39. The zero-order valence-electron chi connectivity index (χ0n) is 13.7. The van der Waals surface area contributed by atoms with Gasteiger partial charge in [0.25, 0.3) is 0 Å². The molecule has 0 aromatic rings. The van der Waals surface area contributed by atoms with Gasteiger partial charge in [0.1, 0.15) is 0 Å². The first-order chi connectivity index (χ1) is 8.55. The summed E-state index contributed by atoms with van der Waals surface area (Å²) < 4.78 is 0. The van der Waals surface area contributed by atoms with Crippen LogP contribution in [-0.2, 0) is 0 Å². The third-order valence-corrected chi connectivity index (χ3v) is 4.21. The third kappa shape index (κ3) is 6.19. The first kappa shape index (κ1) is 17.9. The number of hydrogen-bond donors (Lipinski definition) is 1. The summed E-state index contributed by atoms with van der Waals surface area (Å²) >= 11 is 0. The SMILES string of the molecule is CCCNCC(CC)(CC)CN(CCC)C(C)C. The van der Waals surface area contributed by atoms with Crippen LogP contribution < -0.4 is 5.32 Å². The van der Waals surface area contributed by atoms with Crippen LogP contribution in [0.25, 0.3) is 0 Å². The highest BCUT2D eigenvalue weighted by Gasteiger charge is 2.29. The fourth-order valence-electron chi connectivity index (χ4n) is 2.55. The summed E-state index contributed by atoms with van der Waals surface area (Å²) in [7, 11) is 0. The van der Waals surface area contributed by atoms with Gasteiger partial charge >= 0.3 is 0 Å². The molecule has 0 saturated heterocycles. The van der Waals surface area contributed by atoms with Crippen molar-refractivity contribution in [3.63, 3.8) is 0 Å². The Bertz CT molecular complexity index is 186. The average Bonchev–Trinajstić information content (AvgIpc) is 2.36. The molecule has 0 aliphatic rings. The van der Waals surface area contributed by atoms with E-state index in [1.54, 1.807) is 0 Å². The molecule has 2 heteroatoms. The van der Waals surface area contributed by atoms with Crippen LogP contribution in [0.5, 0.6) is 0 Å². The average molecular weight is 256 g/mol. The van der Waals surface area contributed by atoms with Crippen molar-refractivity contribution in [2.45, 2.75) is 73.3 Å². The van der Waals surface area contributed by atoms with Crippen LogP contribution in [0.15, 0.2) is 0 Å². The van der Waals surface area contributed by atoms with E-state index in [9.17, 15) is 0 Å². The molecule has 110 valence electrons. The molecular weight excluding hydrogens is 220 g/mol. The second-order valence-corrected chi connectivity index (χ2v) is 5.95. The molecule has 0 heterocycles. The minimum atomic E-state index is 0.453. The summed E-state index contributed by atoms with van der Waals surface area (Å²) in [4.78, 5) is 2.65. The largest absolute Gasteiger partial charge is 0.316 e. The summed E-state index contributed by atoms with van der Waals surface area (Å²) in [6, 6.07) is 0.661. The smallest absolute Gasteiger partial charge is 0.00526 e. The Hall–Kier alpha value is -0.0800. The summed E-state index contributed by atoms with van der Waals surface area (Å²) in [5.41, 5.74) is 0.453. The highest BCUT2D eigenvalue weighted by Crippen LogP contribution is 2.27. The Morgan fingerprint density at radius 3 is 2.00 bits per heavy atom. The third-order valence-electron chi connectivity index (χ3n) is 4.21. The fourth-order valence-corrected chi connectivity index (χ4v) is 2.55. The maximum Gasteiger partial charge on any atom is 0.00526 e. The molecule has 2 nitrogen and oxygen atoms in total. The number of rotatable bonds is 11. The Morgan fingerprint density at radius 2 is 1.61 bits per heavy atom. The van der Waals surface area contributed by atoms with Crippen LogP contribution >= 0.6 is 0 Å². The van der Waals surface area contributed by atoms with Gasteiger partial charge in [-0.3, -0.25) is 0 Å². The van der Waals surface area contributed by atoms with Gasteiger partial charge in [-0.1, -0.05) is 27.7 Å². The van der Waals surface area contributed by atoms with Crippen LogP contribution in [0.1, 0.15) is 67.2 Å². The first-order valence-corrected chi connectivity index (χ1v) is 8.00. The molecule has 18 heavy (non-hydrogen) atoms. The quantitative estimate of drug-likeness (QED) is 0.564. The van der Waals surface area contributed by atoms with Crippen molar-refractivity contribution in [3.05, 3.63) is 0 Å². The number of nitrogens with zero attached hydrogens (tertiary/aromatic N) is 1. The van der Waals surface area contributed by atoms with Crippen molar-refractivity contribution < 1.29 is 0 Å². The molecule has 0 fully saturated rings. The number of nitrogens with one attached hydrogen (secondary N) is 1. The molecule has 0 unspecified atom stereocenters. The van der Waals surface area contributed by atoms with Gasteiger partial charge in [0.2, 0.25) is 0 Å². The van der Waals surface area contributed by atoms with Crippen molar-refractivity contribution >= 4 is 0 Å². The lowest BCUT2D eigenvalue weighted by Crippen LogP contribution is -2.46. The normalized spacial score (nSPS) is 12.7. The topological polar surface area (TPSA) is 15.3 Å². The predicted octanol–water partition coefficient (Wildman–Crippen LogP) is 3.91. The first-order valence-electron chi connectivity index (χ1n) is 8.00. The van der Waals surface area contributed by atoms with Crippen molar-refractivity contribution in [1.82, 2.24) is 10.2 Å². The van der Waals surface area contributed by atoms with Crippen molar-refractivity contribution in [2.75, 3.05) is 26.2 Å². The Morgan fingerprint density at radius 1 is 1.00 bits per heavy atom. The molecule has 0 saturated carbocycles. The van der Waals surface area contributed by atoms with Gasteiger partial charge in [-0.15, -0.1) is 0 Å². The highest BCUT2D eigenvalue weighted by molar-refractivity contribution is 4.84. The molecule has 0 aromatic heterocycles. The summed E-state index contributed by atoms with van der Waals surface area (Å²) in [6.07, 6.45) is 5.02. The van der Waals surface area contributed by atoms with E-state index in [0.717, 1.165) is 6.54 Å². The maximum absolute atomic E-state index is 3.64. The van der Waals surface area contributed by atoms with Gasteiger partial charge in [-0.05, 0) is 58.0 Å². The van der Waals surface area contributed by atoms with Crippen molar-refractivity contribution in [3.8, 4) is 0 Å². The summed E-state index contributed by atoms with van der Waals surface area (Å²) in [6.45, 7) is 18.7. The van der Waals surface area contributed by atoms with Crippen molar-refractivity contribution in [2.24, 2.45) is 5.41 Å². The van der Waals surface area contributed by atoms with Crippen molar-refractivity contribution in [1.29, 1.82) is 0 Å². The number of hydrogen-bond acceptors (Lipinski definition) is 2. The van der Waals surface area contributed by atoms with E-state index in [1.165, 1.54) is 45.3 Å². The van der Waals surface area contributed by atoms with E-state index >= 15 is 0 Å². The van der Waals surface area contributed by atoms with Crippen LogP contribution in [0.4, 0.5) is 0 Å². The van der Waals surface area contributed by atoms with E-state index < -0.39 is 0 Å². The second-order valence-electron chi connectivity index (χ2n) is 5.95. The molecule has 0 aliphatic heterocycles. The molecule has 0 aliphatic carbocycles. The van der Waals surface area contributed by atoms with E-state index in [-0.39, 0.29) is 0 Å². The molecule has 1 N–H and O–H groups in total. The van der Waals surface area contributed by atoms with Gasteiger partial charge in [0, 0.05) is 19.1 Å². The van der Waals surface area contributed by atoms with Crippen LogP contribution in [-0.4, -0.2) is 37.1 Å². The van der Waals surface area contributed by atoms with E-state index in [4.69, 9.17) is 0 Å². The van der Waals surface area contributed by atoms with Gasteiger partial charge in [-0.2, -0.15) is 0 Å². The predicted molar refractivity (Wildman–Crippen MR) is 83.2 cm³/mol. The van der Waals surface area contributed by atoms with Gasteiger partial charge < -0.3 is 10.2 Å². The van der Waals surface area contributed by atoms with E-state index in [1.807, 2.05) is 0 Å². The molecule has 0 amide bonds. The van der Waals surface area contributed by atoms with Crippen LogP contribution in [0.3, 0.4) is 0 Å². The zero-order chi connectivity index (χ0) is 14.0. The minimum Gasteiger partial charge on any atom is -0.316 e. The highest BCUT2D eigenvalue weighted by atomic mass is 15.2. The Kier molecular flexibility index (Phi) is 9.76. The minimum absolute atomic E-state index is 0.453. The Balaban J connectivity index is 4.53. The molecule has 0 radical (unpaired) electrons.